The summed E-state index contributed by atoms with van der Waals surface area (Å²) in [5, 5.41) is 0. The van der Waals surface area contributed by atoms with Gasteiger partial charge in [0.25, 0.3) is 0 Å². The molecule has 2 aromatic carbocycles. The van der Waals surface area contributed by atoms with Crippen LogP contribution in [0.4, 0.5) is 9.18 Å². The number of piperidine rings is 1. The largest absolute Gasteiger partial charge is 0.490 e. The monoisotopic (exact) mass is 608 g/mol. The summed E-state index contributed by atoms with van der Waals surface area (Å²) in [5.41, 5.74) is 7.46. The molecule has 1 fully saturated rings. The second-order valence-corrected chi connectivity index (χ2v) is 13.2. The van der Waals surface area contributed by atoms with Crippen molar-refractivity contribution in [1.29, 1.82) is 0 Å². The van der Waals surface area contributed by atoms with Crippen molar-refractivity contribution in [3.63, 3.8) is 0 Å². The number of benzene rings is 2. The minimum absolute atomic E-state index is 0.00299. The van der Waals surface area contributed by atoms with Crippen LogP contribution in [0.15, 0.2) is 6.07 Å². The maximum absolute atomic E-state index is 15.5. The Morgan fingerprint density at radius 3 is 2.41 bits per heavy atom. The summed E-state index contributed by atoms with van der Waals surface area (Å²) in [6.45, 7) is 15.6. The molecule has 0 radical (unpaired) electrons. The molecule has 2 aromatic rings. The standard InChI is InChI=1S/C35H45FN2O6/c1-8-42-31(40)18-27-21(3)25-17-30(39)38(23-11-13-37(14-12-23)34(41)44-35(5,6)7)19-28(25)22(4)32(27)26-16-29(36)33-24(20(26)2)10-9-15-43-33/h16,23H,8-15,17-19H2,1-7H3. The fourth-order valence-electron chi connectivity index (χ4n) is 7.04. The maximum atomic E-state index is 15.5. The summed E-state index contributed by atoms with van der Waals surface area (Å²) < 4.78 is 32.1. The van der Waals surface area contributed by atoms with Gasteiger partial charge in [-0.05, 0) is 125 Å². The Morgan fingerprint density at radius 1 is 1.05 bits per heavy atom. The second-order valence-electron chi connectivity index (χ2n) is 13.2. The molecule has 3 aliphatic rings. The van der Waals surface area contributed by atoms with Crippen LogP contribution in [0, 0.1) is 26.6 Å². The van der Waals surface area contributed by atoms with Gasteiger partial charge in [-0.25, -0.2) is 9.18 Å². The van der Waals surface area contributed by atoms with E-state index in [1.54, 1.807) is 17.9 Å². The van der Waals surface area contributed by atoms with E-state index in [0.717, 1.165) is 62.9 Å². The van der Waals surface area contributed by atoms with E-state index < -0.39 is 11.4 Å². The van der Waals surface area contributed by atoms with Gasteiger partial charge in [0.15, 0.2) is 11.6 Å². The highest BCUT2D eigenvalue weighted by Crippen LogP contribution is 2.44. The molecule has 2 amide bonds. The first-order valence-corrected chi connectivity index (χ1v) is 15.8. The lowest BCUT2D eigenvalue weighted by Gasteiger charge is -2.42. The van der Waals surface area contributed by atoms with Crippen LogP contribution in [-0.4, -0.2) is 65.7 Å². The van der Waals surface area contributed by atoms with E-state index in [1.807, 2.05) is 46.4 Å². The number of halogens is 1. The Bertz CT molecular complexity index is 1490. The minimum atomic E-state index is -0.563. The van der Waals surface area contributed by atoms with E-state index >= 15 is 4.39 Å². The number of esters is 1. The molecular weight excluding hydrogens is 563 g/mol. The molecule has 8 nitrogen and oxygen atoms in total. The number of carbonyl (C=O) groups is 3. The molecule has 9 heteroatoms. The van der Waals surface area contributed by atoms with E-state index in [9.17, 15) is 14.4 Å². The third-order valence-corrected chi connectivity index (χ3v) is 9.26. The van der Waals surface area contributed by atoms with Gasteiger partial charge in [0.05, 0.1) is 26.1 Å². The van der Waals surface area contributed by atoms with Crippen LogP contribution >= 0.6 is 0 Å². The van der Waals surface area contributed by atoms with Crippen molar-refractivity contribution < 1.29 is 33.0 Å². The van der Waals surface area contributed by atoms with Crippen molar-refractivity contribution in [2.45, 2.75) is 105 Å². The highest BCUT2D eigenvalue weighted by atomic mass is 19.1. The fourth-order valence-corrected chi connectivity index (χ4v) is 7.04. The smallest absolute Gasteiger partial charge is 0.410 e. The molecule has 0 saturated carbocycles. The van der Waals surface area contributed by atoms with Crippen molar-refractivity contribution >= 4 is 18.0 Å². The first kappa shape index (κ1) is 31.8. The number of carbonyl (C=O) groups excluding carboxylic acids is 3. The van der Waals surface area contributed by atoms with Crippen molar-refractivity contribution in [2.75, 3.05) is 26.3 Å². The molecule has 0 atom stereocenters. The molecule has 238 valence electrons. The van der Waals surface area contributed by atoms with Crippen LogP contribution in [0.3, 0.4) is 0 Å². The molecule has 44 heavy (non-hydrogen) atoms. The Kier molecular flexibility index (Phi) is 8.96. The number of likely N-dealkylation sites (tertiary alicyclic amines) is 1. The summed E-state index contributed by atoms with van der Waals surface area (Å²) in [6.07, 6.45) is 2.83. The summed E-state index contributed by atoms with van der Waals surface area (Å²) in [7, 11) is 0. The van der Waals surface area contributed by atoms with Crippen LogP contribution in [-0.2, 0) is 44.9 Å². The van der Waals surface area contributed by atoms with Crippen molar-refractivity contribution in [3.8, 4) is 16.9 Å². The fraction of sp³-hybridized carbons (Fsp3) is 0.571. The number of hydrogen-bond acceptors (Lipinski definition) is 6. The van der Waals surface area contributed by atoms with E-state index in [2.05, 4.69) is 0 Å². The molecule has 0 N–H and O–H groups in total. The van der Waals surface area contributed by atoms with Gasteiger partial charge in [-0.3, -0.25) is 9.59 Å². The van der Waals surface area contributed by atoms with Gasteiger partial charge < -0.3 is 24.0 Å². The van der Waals surface area contributed by atoms with Crippen molar-refractivity contribution in [2.24, 2.45) is 0 Å². The lowest BCUT2D eigenvalue weighted by atomic mass is 9.79. The van der Waals surface area contributed by atoms with Gasteiger partial charge in [-0.2, -0.15) is 0 Å². The average molecular weight is 609 g/mol. The average Bonchev–Trinajstić information content (AvgIpc) is 2.97. The van der Waals surface area contributed by atoms with Crippen molar-refractivity contribution in [1.82, 2.24) is 9.80 Å². The van der Waals surface area contributed by atoms with Gasteiger partial charge in [-0.1, -0.05) is 0 Å². The number of nitrogens with zero attached hydrogens (tertiary/aromatic N) is 2. The van der Waals surface area contributed by atoms with Gasteiger partial charge in [0.1, 0.15) is 5.60 Å². The molecule has 0 aromatic heterocycles. The number of rotatable bonds is 5. The third kappa shape index (κ3) is 6.15. The normalized spacial score (nSPS) is 17.1. The van der Waals surface area contributed by atoms with Gasteiger partial charge in [-0.15, -0.1) is 0 Å². The second kappa shape index (κ2) is 12.4. The maximum Gasteiger partial charge on any atom is 0.410 e. The summed E-state index contributed by atoms with van der Waals surface area (Å²) in [4.78, 5) is 42.8. The lowest BCUT2D eigenvalue weighted by molar-refractivity contribution is -0.142. The topological polar surface area (TPSA) is 85.4 Å². The van der Waals surface area contributed by atoms with Crippen LogP contribution in [0.5, 0.6) is 5.75 Å². The molecule has 3 heterocycles. The van der Waals surface area contributed by atoms with E-state index in [-0.39, 0.29) is 43.5 Å². The predicted molar refractivity (Wildman–Crippen MR) is 165 cm³/mol. The van der Waals surface area contributed by atoms with Crippen LogP contribution in [0.25, 0.3) is 11.1 Å². The Morgan fingerprint density at radius 2 is 1.75 bits per heavy atom. The van der Waals surface area contributed by atoms with Gasteiger partial charge >= 0.3 is 12.1 Å². The molecule has 0 unspecified atom stereocenters. The quantitative estimate of drug-likeness (QED) is 0.380. The molecule has 0 bridgehead atoms. The SMILES string of the molecule is CCOC(=O)Cc1c(C)c2c(c(C)c1-c1cc(F)c3c(c1C)CCCO3)CN(C1CCN(C(=O)OC(C)(C)C)CC1)C(=O)C2. The molecule has 3 aliphatic heterocycles. The summed E-state index contributed by atoms with van der Waals surface area (Å²) >= 11 is 0. The molecule has 1 saturated heterocycles. The zero-order chi connectivity index (χ0) is 31.9. The molecule has 0 spiro atoms. The van der Waals surface area contributed by atoms with E-state index in [4.69, 9.17) is 14.2 Å². The van der Waals surface area contributed by atoms with Gasteiger partial charge in [0.2, 0.25) is 5.91 Å². The van der Waals surface area contributed by atoms with E-state index in [0.29, 0.717) is 44.8 Å². The van der Waals surface area contributed by atoms with E-state index in [1.165, 1.54) is 0 Å². The first-order valence-electron chi connectivity index (χ1n) is 15.8. The summed E-state index contributed by atoms with van der Waals surface area (Å²) in [5.74, 6) is -0.383. The number of fused-ring (bicyclic) bond motifs is 2. The zero-order valence-electron chi connectivity index (χ0n) is 27.2. The molecule has 5 rings (SSSR count). The number of hydrogen-bond donors (Lipinski definition) is 0. The highest BCUT2D eigenvalue weighted by molar-refractivity contribution is 5.88. The Hall–Kier alpha value is -3.62. The number of ether oxygens (including phenoxy) is 3. The Labute approximate surface area is 259 Å². The predicted octanol–water partition coefficient (Wildman–Crippen LogP) is 6.13. The molecular formula is C35H45FN2O6. The highest BCUT2D eigenvalue weighted by Gasteiger charge is 2.37. The van der Waals surface area contributed by atoms with Crippen LogP contribution < -0.4 is 4.74 Å². The summed E-state index contributed by atoms with van der Waals surface area (Å²) in [6, 6.07) is 1.54. The number of amides is 2. The Balaban J connectivity index is 1.53. The zero-order valence-corrected chi connectivity index (χ0v) is 27.2. The third-order valence-electron chi connectivity index (χ3n) is 9.26. The first-order chi connectivity index (χ1) is 20.8. The lowest BCUT2D eigenvalue weighted by Crippen LogP contribution is -2.51. The molecule has 0 aliphatic carbocycles. The van der Waals surface area contributed by atoms with Gasteiger partial charge in [0, 0.05) is 31.2 Å². The van der Waals surface area contributed by atoms with Crippen LogP contribution in [0.1, 0.15) is 85.9 Å². The van der Waals surface area contributed by atoms with Crippen LogP contribution in [0.2, 0.25) is 0 Å². The van der Waals surface area contributed by atoms with Crippen molar-refractivity contribution in [3.05, 3.63) is 50.8 Å². The minimum Gasteiger partial charge on any atom is -0.490 e.